The average molecular weight is 722 g/mol. The van der Waals surface area contributed by atoms with Gasteiger partial charge in [-0.15, -0.1) is 0 Å². The first-order valence-corrected chi connectivity index (χ1v) is 17.2. The average Bonchev–Trinajstić information content (AvgIpc) is 3.00. The van der Waals surface area contributed by atoms with Crippen molar-refractivity contribution in [1.82, 2.24) is 10.2 Å². The van der Waals surface area contributed by atoms with Crippen LogP contribution in [0.1, 0.15) is 31.9 Å². The Morgan fingerprint density at radius 2 is 1.35 bits per heavy atom. The number of amides is 2. The monoisotopic (exact) mass is 719 g/mol. The van der Waals surface area contributed by atoms with Gasteiger partial charge in [-0.25, -0.2) is 8.42 Å². The maximum atomic E-state index is 14.6. The topological polar surface area (TPSA) is 86.8 Å². The summed E-state index contributed by atoms with van der Waals surface area (Å²) >= 11 is 25.6. The normalized spacial score (nSPS) is 12.3. The quantitative estimate of drug-likeness (QED) is 0.170. The minimum atomic E-state index is -4.30. The van der Waals surface area contributed by atoms with E-state index in [1.807, 2.05) is 51.1 Å². The van der Waals surface area contributed by atoms with Gasteiger partial charge in [-0.1, -0.05) is 101 Å². The molecule has 0 bridgehead atoms. The van der Waals surface area contributed by atoms with Gasteiger partial charge in [0.15, 0.2) is 0 Å². The maximum Gasteiger partial charge on any atom is 0.264 e. The van der Waals surface area contributed by atoms with E-state index in [2.05, 4.69) is 5.32 Å². The van der Waals surface area contributed by atoms with E-state index in [9.17, 15) is 18.0 Å². The lowest BCUT2D eigenvalue weighted by Crippen LogP contribution is -2.56. The molecule has 0 saturated carbocycles. The first-order chi connectivity index (χ1) is 21.7. The zero-order valence-corrected chi connectivity index (χ0v) is 29.2. The molecule has 242 valence electrons. The summed E-state index contributed by atoms with van der Waals surface area (Å²) < 4.78 is 29.1. The lowest BCUT2D eigenvalue weighted by atomic mass is 10.0. The minimum Gasteiger partial charge on any atom is -0.350 e. The van der Waals surface area contributed by atoms with Crippen molar-refractivity contribution < 1.29 is 18.0 Å². The van der Waals surface area contributed by atoms with Crippen molar-refractivity contribution in [3.63, 3.8) is 0 Å². The van der Waals surface area contributed by atoms with E-state index in [0.717, 1.165) is 9.87 Å². The van der Waals surface area contributed by atoms with E-state index in [1.54, 1.807) is 36.4 Å². The smallest absolute Gasteiger partial charge is 0.264 e. The van der Waals surface area contributed by atoms with Crippen molar-refractivity contribution in [2.45, 2.75) is 50.2 Å². The van der Waals surface area contributed by atoms with Crippen LogP contribution >= 0.6 is 46.4 Å². The van der Waals surface area contributed by atoms with Crippen LogP contribution in [0.5, 0.6) is 0 Å². The highest BCUT2D eigenvalue weighted by molar-refractivity contribution is 7.92. The lowest BCUT2D eigenvalue weighted by molar-refractivity contribution is -0.140. The highest BCUT2D eigenvalue weighted by Crippen LogP contribution is 2.32. The molecule has 0 spiro atoms. The molecule has 0 saturated heterocycles. The molecule has 0 fully saturated rings. The van der Waals surface area contributed by atoms with Crippen LogP contribution in [-0.4, -0.2) is 43.3 Å². The highest BCUT2D eigenvalue weighted by atomic mass is 35.5. The van der Waals surface area contributed by atoms with E-state index >= 15 is 0 Å². The van der Waals surface area contributed by atoms with Gasteiger partial charge in [0.05, 0.1) is 20.6 Å². The standard InChI is InChI=1S/C34H33Cl4N3O4S/c1-34(2,3)39-33(43)31(19-23-11-6-4-7-12-23)40(21-26-27(35)15-10-16-28(26)36)32(42)22-41(24-17-18-29(37)30(38)20-24)46(44,45)25-13-8-5-9-14-25/h4-18,20,31H,19,21-22H2,1-3H3,(H,39,43)/t31-/m1/s1. The van der Waals surface area contributed by atoms with Crippen molar-refractivity contribution in [2.75, 3.05) is 10.8 Å². The summed E-state index contributed by atoms with van der Waals surface area (Å²) in [6, 6.07) is 25.1. The molecular weight excluding hydrogens is 688 g/mol. The zero-order valence-electron chi connectivity index (χ0n) is 25.4. The number of anilines is 1. The van der Waals surface area contributed by atoms with Gasteiger partial charge in [0.25, 0.3) is 10.0 Å². The maximum absolute atomic E-state index is 14.6. The van der Waals surface area contributed by atoms with Gasteiger partial charge < -0.3 is 10.2 Å². The van der Waals surface area contributed by atoms with Crippen LogP contribution in [-0.2, 0) is 32.6 Å². The summed E-state index contributed by atoms with van der Waals surface area (Å²) in [7, 11) is -4.30. The third-order valence-corrected chi connectivity index (χ3v) is 10.2. The van der Waals surface area contributed by atoms with Crippen molar-refractivity contribution in [3.8, 4) is 0 Å². The summed E-state index contributed by atoms with van der Waals surface area (Å²) in [5, 5.41) is 3.88. The van der Waals surface area contributed by atoms with E-state index < -0.39 is 40.0 Å². The molecule has 12 heteroatoms. The van der Waals surface area contributed by atoms with Gasteiger partial charge in [0.1, 0.15) is 12.6 Å². The van der Waals surface area contributed by atoms with Crippen molar-refractivity contribution in [1.29, 1.82) is 0 Å². The molecule has 0 aliphatic heterocycles. The fourth-order valence-corrected chi connectivity index (χ4v) is 6.99. The van der Waals surface area contributed by atoms with Gasteiger partial charge in [-0.3, -0.25) is 13.9 Å². The molecule has 1 N–H and O–H groups in total. The molecule has 0 radical (unpaired) electrons. The SMILES string of the molecule is CC(C)(C)NC(=O)[C@@H](Cc1ccccc1)N(Cc1c(Cl)cccc1Cl)C(=O)CN(c1ccc(Cl)c(Cl)c1)S(=O)(=O)c1ccccc1. The molecule has 2 amide bonds. The van der Waals surface area contributed by atoms with Crippen LogP contribution in [0.15, 0.2) is 102 Å². The van der Waals surface area contributed by atoms with Crippen LogP contribution in [0.2, 0.25) is 20.1 Å². The molecule has 4 aromatic carbocycles. The number of sulfonamides is 1. The molecule has 0 heterocycles. The summed E-state index contributed by atoms with van der Waals surface area (Å²) in [5.74, 6) is -1.11. The van der Waals surface area contributed by atoms with Crippen molar-refractivity contribution in [3.05, 3.63) is 128 Å². The predicted molar refractivity (Wildman–Crippen MR) is 186 cm³/mol. The summed E-state index contributed by atoms with van der Waals surface area (Å²) in [4.78, 5) is 29.9. The Kier molecular flexibility index (Phi) is 11.7. The Morgan fingerprint density at radius 3 is 1.91 bits per heavy atom. The first kappa shape index (κ1) is 35.6. The number of hydrogen-bond donors (Lipinski definition) is 1. The highest BCUT2D eigenvalue weighted by Gasteiger charge is 2.36. The number of hydrogen-bond acceptors (Lipinski definition) is 4. The Balaban J connectivity index is 1.86. The van der Waals surface area contributed by atoms with Crippen LogP contribution in [0.4, 0.5) is 5.69 Å². The molecule has 7 nitrogen and oxygen atoms in total. The van der Waals surface area contributed by atoms with Crippen LogP contribution in [0.3, 0.4) is 0 Å². The predicted octanol–water partition coefficient (Wildman–Crippen LogP) is 8.05. The first-order valence-electron chi connectivity index (χ1n) is 14.3. The molecule has 0 aromatic heterocycles. The van der Waals surface area contributed by atoms with Gasteiger partial charge in [0, 0.05) is 34.1 Å². The third-order valence-electron chi connectivity index (χ3n) is 6.96. The van der Waals surface area contributed by atoms with Crippen molar-refractivity contribution >= 4 is 73.9 Å². The Bertz CT molecular complexity index is 1780. The van der Waals surface area contributed by atoms with Gasteiger partial charge in [0.2, 0.25) is 11.8 Å². The summed E-state index contributed by atoms with van der Waals surface area (Å²) in [6.45, 7) is 4.65. The molecule has 0 aliphatic carbocycles. The zero-order chi connectivity index (χ0) is 33.6. The van der Waals surface area contributed by atoms with E-state index in [1.165, 1.54) is 35.2 Å². The second-order valence-corrected chi connectivity index (χ2v) is 15.1. The molecule has 0 unspecified atom stereocenters. The lowest BCUT2D eigenvalue weighted by Gasteiger charge is -2.35. The van der Waals surface area contributed by atoms with E-state index in [-0.39, 0.29) is 33.6 Å². The number of benzene rings is 4. The largest absolute Gasteiger partial charge is 0.350 e. The fourth-order valence-electron chi connectivity index (χ4n) is 4.75. The number of rotatable bonds is 11. The summed E-state index contributed by atoms with van der Waals surface area (Å²) in [5.41, 5.74) is 0.678. The number of carbonyl (C=O) groups is 2. The molecule has 4 aromatic rings. The fraction of sp³-hybridized carbons (Fsp3) is 0.235. The molecule has 1 atom stereocenters. The van der Waals surface area contributed by atoms with Gasteiger partial charge in [-0.2, -0.15) is 0 Å². The van der Waals surface area contributed by atoms with Crippen LogP contribution in [0.25, 0.3) is 0 Å². The molecular formula is C34H33Cl4N3O4S. The van der Waals surface area contributed by atoms with Crippen molar-refractivity contribution in [2.24, 2.45) is 0 Å². The number of nitrogens with zero attached hydrogens (tertiary/aromatic N) is 2. The second kappa shape index (κ2) is 15.1. The van der Waals surface area contributed by atoms with Gasteiger partial charge in [-0.05, 0) is 68.8 Å². The number of carbonyl (C=O) groups excluding carboxylic acids is 2. The third kappa shape index (κ3) is 8.96. The molecule has 46 heavy (non-hydrogen) atoms. The van der Waals surface area contributed by atoms with Gasteiger partial charge >= 0.3 is 0 Å². The molecule has 0 aliphatic rings. The Hall–Kier alpha value is -3.27. The molecule has 4 rings (SSSR count). The minimum absolute atomic E-state index is 0.0409. The Labute approximate surface area is 290 Å². The van der Waals surface area contributed by atoms with Crippen LogP contribution < -0.4 is 9.62 Å². The van der Waals surface area contributed by atoms with Crippen LogP contribution in [0, 0.1) is 0 Å². The number of nitrogens with one attached hydrogen (secondary N) is 1. The van der Waals surface area contributed by atoms with E-state index in [4.69, 9.17) is 46.4 Å². The Morgan fingerprint density at radius 1 is 0.761 bits per heavy atom. The second-order valence-electron chi connectivity index (χ2n) is 11.6. The van der Waals surface area contributed by atoms with E-state index in [0.29, 0.717) is 15.6 Å². The summed E-state index contributed by atoms with van der Waals surface area (Å²) in [6.07, 6.45) is 0.134. The number of halogens is 4.